The van der Waals surface area contributed by atoms with E-state index in [4.69, 9.17) is 11.6 Å². The van der Waals surface area contributed by atoms with Crippen LogP contribution in [0.4, 0.5) is 10.1 Å². The predicted octanol–water partition coefficient (Wildman–Crippen LogP) is 4.75. The topological polar surface area (TPSA) is 32.3 Å². The lowest BCUT2D eigenvalue weighted by atomic mass is 10.00. The van der Waals surface area contributed by atoms with Gasteiger partial charge in [0, 0.05) is 6.54 Å². The van der Waals surface area contributed by atoms with Crippen molar-refractivity contribution >= 4 is 17.3 Å². The van der Waals surface area contributed by atoms with Gasteiger partial charge in [0.1, 0.15) is 0 Å². The van der Waals surface area contributed by atoms with Crippen LogP contribution in [0.1, 0.15) is 37.0 Å². The van der Waals surface area contributed by atoms with Crippen molar-refractivity contribution in [3.63, 3.8) is 0 Å². The number of hydrogen-bond donors (Lipinski definition) is 2. The van der Waals surface area contributed by atoms with E-state index in [0.29, 0.717) is 11.6 Å². The van der Waals surface area contributed by atoms with Gasteiger partial charge in [-0.3, -0.25) is 0 Å². The molecule has 2 nitrogen and oxygen atoms in total. The summed E-state index contributed by atoms with van der Waals surface area (Å²) in [6, 6.07) is 12.6. The number of anilines is 1. The van der Waals surface area contributed by atoms with Gasteiger partial charge in [-0.1, -0.05) is 55.8 Å². The molecule has 21 heavy (non-hydrogen) atoms. The zero-order chi connectivity index (χ0) is 15.4. The van der Waals surface area contributed by atoms with Crippen molar-refractivity contribution in [3.05, 3.63) is 64.4 Å². The second-order valence-corrected chi connectivity index (χ2v) is 5.73. The first-order valence-electron chi connectivity index (χ1n) is 6.95. The maximum Gasteiger partial charge on any atom is 0.164 e. The van der Waals surface area contributed by atoms with E-state index in [1.165, 1.54) is 11.6 Å². The van der Waals surface area contributed by atoms with Crippen LogP contribution in [0, 0.1) is 5.82 Å². The first-order chi connectivity index (χ1) is 9.99. The van der Waals surface area contributed by atoms with E-state index in [0.717, 1.165) is 5.56 Å². The number of hydrogen-bond acceptors (Lipinski definition) is 2. The van der Waals surface area contributed by atoms with Gasteiger partial charge in [-0.15, -0.1) is 0 Å². The monoisotopic (exact) mass is 307 g/mol. The molecule has 112 valence electrons. The fraction of sp³-hybridized carbons (Fsp3) is 0.294. The first-order valence-corrected chi connectivity index (χ1v) is 7.32. The minimum absolute atomic E-state index is 0.0655. The summed E-state index contributed by atoms with van der Waals surface area (Å²) in [5, 5.41) is 13.1. The zero-order valence-corrected chi connectivity index (χ0v) is 12.9. The molecule has 2 rings (SSSR count). The summed E-state index contributed by atoms with van der Waals surface area (Å²) in [5.74, 6) is -0.0450. The molecule has 0 aromatic heterocycles. The highest BCUT2D eigenvalue weighted by Crippen LogP contribution is 2.23. The Balaban J connectivity index is 2.01. The van der Waals surface area contributed by atoms with Crippen molar-refractivity contribution in [2.45, 2.75) is 25.9 Å². The number of rotatable bonds is 5. The normalized spacial score (nSPS) is 12.5. The van der Waals surface area contributed by atoms with Crippen LogP contribution in [0.25, 0.3) is 0 Å². The second-order valence-electron chi connectivity index (χ2n) is 5.32. The van der Waals surface area contributed by atoms with E-state index in [2.05, 4.69) is 19.2 Å². The van der Waals surface area contributed by atoms with Crippen molar-refractivity contribution in [2.24, 2.45) is 0 Å². The minimum atomic E-state index is -0.704. The minimum Gasteiger partial charge on any atom is -0.387 e. The summed E-state index contributed by atoms with van der Waals surface area (Å²) >= 11 is 5.72. The summed E-state index contributed by atoms with van der Waals surface area (Å²) in [7, 11) is 0. The third-order valence-corrected chi connectivity index (χ3v) is 3.72. The lowest BCUT2D eigenvalue weighted by Crippen LogP contribution is -2.13. The summed E-state index contributed by atoms with van der Waals surface area (Å²) in [6.07, 6.45) is -0.704. The molecule has 0 spiro atoms. The molecule has 0 aliphatic carbocycles. The smallest absolute Gasteiger partial charge is 0.164 e. The maximum atomic E-state index is 13.7. The third kappa shape index (κ3) is 3.96. The Morgan fingerprint density at radius 2 is 1.71 bits per heavy atom. The fourth-order valence-electron chi connectivity index (χ4n) is 2.07. The van der Waals surface area contributed by atoms with Gasteiger partial charge in [0.25, 0.3) is 0 Å². The Morgan fingerprint density at radius 3 is 2.33 bits per heavy atom. The average Bonchev–Trinajstić information content (AvgIpc) is 2.48. The van der Waals surface area contributed by atoms with E-state index in [-0.39, 0.29) is 11.6 Å². The van der Waals surface area contributed by atoms with E-state index in [9.17, 15) is 9.50 Å². The SMILES string of the molecule is CC(C)c1ccc(C(O)CNc2cccc(Cl)c2F)cc1. The highest BCUT2D eigenvalue weighted by Gasteiger charge is 2.11. The van der Waals surface area contributed by atoms with Crippen molar-refractivity contribution in [3.8, 4) is 0 Å². The van der Waals surface area contributed by atoms with Crippen LogP contribution in [0.2, 0.25) is 5.02 Å². The number of nitrogens with one attached hydrogen (secondary N) is 1. The lowest BCUT2D eigenvalue weighted by molar-refractivity contribution is 0.191. The molecule has 0 aliphatic rings. The Labute approximate surface area is 129 Å². The van der Waals surface area contributed by atoms with Gasteiger partial charge in [0.2, 0.25) is 0 Å². The van der Waals surface area contributed by atoms with Crippen LogP contribution >= 0.6 is 11.6 Å². The molecule has 1 atom stereocenters. The zero-order valence-electron chi connectivity index (χ0n) is 12.1. The van der Waals surface area contributed by atoms with Crippen molar-refractivity contribution < 1.29 is 9.50 Å². The molecular formula is C17H19ClFNO. The predicted molar refractivity (Wildman–Crippen MR) is 85.4 cm³/mol. The molecule has 0 saturated heterocycles. The molecular weight excluding hydrogens is 289 g/mol. The van der Waals surface area contributed by atoms with Crippen LogP contribution in [0.5, 0.6) is 0 Å². The quantitative estimate of drug-likeness (QED) is 0.835. The van der Waals surface area contributed by atoms with Crippen LogP contribution in [0.15, 0.2) is 42.5 Å². The Hall–Kier alpha value is -1.58. The summed E-state index contributed by atoms with van der Waals surface area (Å²) < 4.78 is 13.7. The highest BCUT2D eigenvalue weighted by atomic mass is 35.5. The average molecular weight is 308 g/mol. The third-order valence-electron chi connectivity index (χ3n) is 3.43. The molecule has 0 fully saturated rings. The standard InChI is InChI=1S/C17H19ClFNO/c1-11(2)12-6-8-13(9-7-12)16(21)10-20-15-5-3-4-14(18)17(15)19/h3-9,11,16,20-21H,10H2,1-2H3. The molecule has 0 radical (unpaired) electrons. The van der Waals surface area contributed by atoms with E-state index in [1.54, 1.807) is 12.1 Å². The molecule has 0 bridgehead atoms. The summed E-state index contributed by atoms with van der Waals surface area (Å²) in [6.45, 7) is 4.46. The number of aliphatic hydroxyl groups excluding tert-OH is 1. The maximum absolute atomic E-state index is 13.7. The molecule has 1 unspecified atom stereocenters. The van der Waals surface area contributed by atoms with Gasteiger partial charge >= 0.3 is 0 Å². The molecule has 0 amide bonds. The molecule has 2 N–H and O–H groups in total. The molecule has 2 aromatic carbocycles. The van der Waals surface area contributed by atoms with Gasteiger partial charge in [-0.05, 0) is 29.2 Å². The van der Waals surface area contributed by atoms with Gasteiger partial charge < -0.3 is 10.4 Å². The van der Waals surface area contributed by atoms with Crippen molar-refractivity contribution in [2.75, 3.05) is 11.9 Å². The molecule has 2 aromatic rings. The second kappa shape index (κ2) is 6.92. The summed E-state index contributed by atoms with van der Waals surface area (Å²) in [4.78, 5) is 0. The largest absolute Gasteiger partial charge is 0.387 e. The highest BCUT2D eigenvalue weighted by molar-refractivity contribution is 6.31. The molecule has 0 heterocycles. The van der Waals surface area contributed by atoms with Gasteiger partial charge in [0.15, 0.2) is 5.82 Å². The number of benzene rings is 2. The Bertz CT molecular complexity index is 598. The van der Waals surface area contributed by atoms with Gasteiger partial charge in [0.05, 0.1) is 16.8 Å². The fourth-order valence-corrected chi connectivity index (χ4v) is 2.24. The molecule has 4 heteroatoms. The van der Waals surface area contributed by atoms with Crippen LogP contribution in [-0.4, -0.2) is 11.7 Å². The van der Waals surface area contributed by atoms with Crippen LogP contribution in [0.3, 0.4) is 0 Å². The summed E-state index contributed by atoms with van der Waals surface area (Å²) in [5.41, 5.74) is 2.31. The van der Waals surface area contributed by atoms with Crippen LogP contribution in [-0.2, 0) is 0 Å². The lowest BCUT2D eigenvalue weighted by Gasteiger charge is -2.15. The van der Waals surface area contributed by atoms with E-state index in [1.807, 2.05) is 24.3 Å². The van der Waals surface area contributed by atoms with Gasteiger partial charge in [-0.2, -0.15) is 0 Å². The van der Waals surface area contributed by atoms with Crippen molar-refractivity contribution in [1.82, 2.24) is 0 Å². The van der Waals surface area contributed by atoms with Crippen LogP contribution < -0.4 is 5.32 Å². The Kier molecular flexibility index (Phi) is 5.21. The van der Waals surface area contributed by atoms with Crippen molar-refractivity contribution in [1.29, 1.82) is 0 Å². The molecule has 0 aliphatic heterocycles. The van der Waals surface area contributed by atoms with E-state index < -0.39 is 11.9 Å². The Morgan fingerprint density at radius 1 is 1.10 bits per heavy atom. The first kappa shape index (κ1) is 15.8. The number of aliphatic hydroxyl groups is 1. The molecule has 0 saturated carbocycles. The number of halogens is 2. The van der Waals surface area contributed by atoms with E-state index >= 15 is 0 Å². The van der Waals surface area contributed by atoms with Gasteiger partial charge in [-0.25, -0.2) is 4.39 Å².